The summed E-state index contributed by atoms with van der Waals surface area (Å²) in [5, 5.41) is 8.71. The van der Waals surface area contributed by atoms with Crippen LogP contribution in [0, 0.1) is 0 Å². The standard InChI is InChI=1S/C17H18N4O/c1-10-7-12-8-15(19)16(22-2)9-14(12)17(21-20-10)11-3-5-13(18)6-4-11/h3-6,8-9H,7,18-19H2,1-2H3. The van der Waals surface area contributed by atoms with Crippen LogP contribution in [0.2, 0.25) is 0 Å². The predicted molar refractivity (Wildman–Crippen MR) is 90.7 cm³/mol. The van der Waals surface area contributed by atoms with E-state index >= 15 is 0 Å². The molecule has 1 aliphatic rings. The number of anilines is 2. The third-order valence-electron chi connectivity index (χ3n) is 3.66. The van der Waals surface area contributed by atoms with Crippen molar-refractivity contribution < 1.29 is 4.74 Å². The average Bonchev–Trinajstić information content (AvgIpc) is 2.65. The third kappa shape index (κ3) is 2.53. The predicted octanol–water partition coefficient (Wildman–Crippen LogP) is 2.63. The molecular formula is C17H18N4O. The fraction of sp³-hybridized carbons (Fsp3) is 0.176. The van der Waals surface area contributed by atoms with Crippen LogP contribution in [-0.2, 0) is 6.42 Å². The van der Waals surface area contributed by atoms with Gasteiger partial charge in [0.15, 0.2) is 0 Å². The van der Waals surface area contributed by atoms with E-state index in [1.807, 2.05) is 43.3 Å². The summed E-state index contributed by atoms with van der Waals surface area (Å²) in [4.78, 5) is 0. The molecule has 1 heterocycles. The van der Waals surface area contributed by atoms with E-state index in [0.29, 0.717) is 23.5 Å². The first-order valence-electron chi connectivity index (χ1n) is 7.02. The Morgan fingerprint density at radius 3 is 2.45 bits per heavy atom. The molecular weight excluding hydrogens is 276 g/mol. The van der Waals surface area contributed by atoms with Crippen LogP contribution >= 0.6 is 0 Å². The second-order valence-corrected chi connectivity index (χ2v) is 5.33. The van der Waals surface area contributed by atoms with Crippen LogP contribution in [0.1, 0.15) is 23.6 Å². The van der Waals surface area contributed by atoms with E-state index in [1.54, 1.807) is 7.11 Å². The van der Waals surface area contributed by atoms with Gasteiger partial charge in [0, 0.05) is 28.9 Å². The number of hydrogen-bond acceptors (Lipinski definition) is 5. The summed E-state index contributed by atoms with van der Waals surface area (Å²) < 4.78 is 5.34. The van der Waals surface area contributed by atoms with Crippen molar-refractivity contribution in [1.82, 2.24) is 0 Å². The number of nitrogens with zero attached hydrogens (tertiary/aromatic N) is 2. The van der Waals surface area contributed by atoms with Gasteiger partial charge in [-0.25, -0.2) is 0 Å². The Morgan fingerprint density at radius 2 is 1.77 bits per heavy atom. The molecule has 0 saturated heterocycles. The highest BCUT2D eigenvalue weighted by Crippen LogP contribution is 2.29. The summed E-state index contributed by atoms with van der Waals surface area (Å²) in [5.74, 6) is 0.640. The summed E-state index contributed by atoms with van der Waals surface area (Å²) >= 11 is 0. The fourth-order valence-corrected chi connectivity index (χ4v) is 2.54. The molecule has 2 aromatic rings. The van der Waals surface area contributed by atoms with Crippen LogP contribution in [0.15, 0.2) is 46.6 Å². The molecule has 0 aliphatic carbocycles. The van der Waals surface area contributed by atoms with Crippen LogP contribution in [0.3, 0.4) is 0 Å². The Balaban J connectivity index is 2.20. The number of nitrogens with two attached hydrogens (primary N) is 2. The van der Waals surface area contributed by atoms with Crippen molar-refractivity contribution in [3.63, 3.8) is 0 Å². The van der Waals surface area contributed by atoms with E-state index in [-0.39, 0.29) is 0 Å². The number of hydrogen-bond donors (Lipinski definition) is 2. The molecule has 2 aromatic carbocycles. The Bertz CT molecular complexity index is 776. The molecule has 0 spiro atoms. The van der Waals surface area contributed by atoms with Crippen LogP contribution in [0.25, 0.3) is 0 Å². The highest BCUT2D eigenvalue weighted by molar-refractivity contribution is 6.15. The van der Waals surface area contributed by atoms with E-state index in [0.717, 1.165) is 28.1 Å². The first-order chi connectivity index (χ1) is 10.6. The monoisotopic (exact) mass is 294 g/mol. The van der Waals surface area contributed by atoms with Crippen LogP contribution < -0.4 is 16.2 Å². The largest absolute Gasteiger partial charge is 0.495 e. The van der Waals surface area contributed by atoms with Gasteiger partial charge in [0.2, 0.25) is 0 Å². The van der Waals surface area contributed by atoms with Crippen molar-refractivity contribution in [1.29, 1.82) is 0 Å². The number of ether oxygens (including phenoxy) is 1. The van der Waals surface area contributed by atoms with Gasteiger partial charge in [-0.3, -0.25) is 0 Å². The molecule has 0 amide bonds. The lowest BCUT2D eigenvalue weighted by molar-refractivity contribution is 0.417. The molecule has 0 fully saturated rings. The quantitative estimate of drug-likeness (QED) is 0.835. The number of fused-ring (bicyclic) bond motifs is 1. The highest BCUT2D eigenvalue weighted by Gasteiger charge is 2.18. The van der Waals surface area contributed by atoms with E-state index in [9.17, 15) is 0 Å². The Morgan fingerprint density at radius 1 is 1.05 bits per heavy atom. The SMILES string of the molecule is COc1cc2c(cc1N)CC(C)=NN=C2c1ccc(N)cc1. The topological polar surface area (TPSA) is 86.0 Å². The summed E-state index contributed by atoms with van der Waals surface area (Å²) in [6, 6.07) is 11.5. The highest BCUT2D eigenvalue weighted by atomic mass is 16.5. The third-order valence-corrected chi connectivity index (χ3v) is 3.66. The molecule has 0 radical (unpaired) electrons. The van der Waals surface area contributed by atoms with Crippen molar-refractivity contribution in [2.75, 3.05) is 18.6 Å². The molecule has 0 atom stereocenters. The minimum Gasteiger partial charge on any atom is -0.495 e. The molecule has 1 aliphatic heterocycles. The second-order valence-electron chi connectivity index (χ2n) is 5.33. The molecule has 0 unspecified atom stereocenters. The van der Waals surface area contributed by atoms with Crippen molar-refractivity contribution in [2.24, 2.45) is 10.2 Å². The fourth-order valence-electron chi connectivity index (χ4n) is 2.54. The molecule has 3 rings (SSSR count). The Hall–Kier alpha value is -2.82. The van der Waals surface area contributed by atoms with Gasteiger partial charge in [-0.15, -0.1) is 5.10 Å². The summed E-state index contributed by atoms with van der Waals surface area (Å²) in [7, 11) is 1.61. The zero-order valence-electron chi connectivity index (χ0n) is 12.6. The molecule has 4 N–H and O–H groups in total. The smallest absolute Gasteiger partial charge is 0.142 e. The van der Waals surface area contributed by atoms with Crippen molar-refractivity contribution in [3.8, 4) is 5.75 Å². The zero-order valence-corrected chi connectivity index (χ0v) is 12.6. The van der Waals surface area contributed by atoms with Gasteiger partial charge in [0.25, 0.3) is 0 Å². The zero-order chi connectivity index (χ0) is 15.7. The van der Waals surface area contributed by atoms with Crippen molar-refractivity contribution >= 4 is 22.8 Å². The molecule has 5 heteroatoms. The molecule has 22 heavy (non-hydrogen) atoms. The maximum absolute atomic E-state index is 6.03. The lowest BCUT2D eigenvalue weighted by atomic mass is 9.94. The van der Waals surface area contributed by atoms with E-state index in [4.69, 9.17) is 16.2 Å². The average molecular weight is 294 g/mol. The van der Waals surface area contributed by atoms with Gasteiger partial charge in [0.1, 0.15) is 11.5 Å². The van der Waals surface area contributed by atoms with Gasteiger partial charge >= 0.3 is 0 Å². The van der Waals surface area contributed by atoms with Crippen LogP contribution in [-0.4, -0.2) is 18.5 Å². The Labute approximate surface area is 129 Å². The first kappa shape index (κ1) is 14.1. The van der Waals surface area contributed by atoms with Crippen molar-refractivity contribution in [3.05, 3.63) is 53.1 Å². The van der Waals surface area contributed by atoms with E-state index < -0.39 is 0 Å². The summed E-state index contributed by atoms with van der Waals surface area (Å²) in [6.07, 6.45) is 0.714. The van der Waals surface area contributed by atoms with Gasteiger partial charge in [0.05, 0.1) is 12.8 Å². The number of nitrogen functional groups attached to an aromatic ring is 2. The van der Waals surface area contributed by atoms with E-state index in [2.05, 4.69) is 10.2 Å². The van der Waals surface area contributed by atoms with E-state index in [1.165, 1.54) is 0 Å². The maximum Gasteiger partial charge on any atom is 0.142 e. The molecule has 5 nitrogen and oxygen atoms in total. The number of methoxy groups -OCH3 is 1. The minimum absolute atomic E-state index is 0.618. The molecule has 0 aromatic heterocycles. The van der Waals surface area contributed by atoms with Gasteiger partial charge in [-0.2, -0.15) is 5.10 Å². The second kappa shape index (κ2) is 5.52. The maximum atomic E-state index is 6.03. The van der Waals surface area contributed by atoms with Crippen molar-refractivity contribution in [2.45, 2.75) is 13.3 Å². The lowest BCUT2D eigenvalue weighted by Gasteiger charge is -2.13. The van der Waals surface area contributed by atoms with Gasteiger partial charge in [-0.1, -0.05) is 12.1 Å². The molecule has 0 bridgehead atoms. The summed E-state index contributed by atoms with van der Waals surface area (Å²) in [6.45, 7) is 1.96. The molecule has 112 valence electrons. The first-order valence-corrected chi connectivity index (χ1v) is 7.02. The Kier molecular flexibility index (Phi) is 3.55. The molecule has 0 saturated carbocycles. The summed E-state index contributed by atoms with van der Waals surface area (Å²) in [5.41, 5.74) is 17.9. The van der Waals surface area contributed by atoms with Crippen LogP contribution in [0.5, 0.6) is 5.75 Å². The normalized spacial score (nSPS) is 13.7. The number of rotatable bonds is 2. The lowest BCUT2D eigenvalue weighted by Crippen LogP contribution is -2.08. The van der Waals surface area contributed by atoms with Gasteiger partial charge in [-0.05, 0) is 36.8 Å². The van der Waals surface area contributed by atoms with Crippen LogP contribution in [0.4, 0.5) is 11.4 Å². The van der Waals surface area contributed by atoms with Gasteiger partial charge < -0.3 is 16.2 Å². The number of benzene rings is 2. The minimum atomic E-state index is 0.618.